The van der Waals surface area contributed by atoms with Gasteiger partial charge in [-0.05, 0) is 54.1 Å². The number of aromatic amines is 1. The summed E-state index contributed by atoms with van der Waals surface area (Å²) < 4.78 is 64.4. The number of benzene rings is 2. The van der Waals surface area contributed by atoms with Crippen LogP contribution in [0.1, 0.15) is 5.56 Å². The van der Waals surface area contributed by atoms with Crippen molar-refractivity contribution < 1.29 is 20.7 Å². The second kappa shape index (κ2) is 8.66. The molecular weight excluding hydrogens is 509 g/mol. The third-order valence-corrected chi connectivity index (χ3v) is 7.58. The van der Waals surface area contributed by atoms with Gasteiger partial charge in [-0.1, -0.05) is 17.7 Å². The topological polar surface area (TPSA) is 156 Å². The first-order chi connectivity index (χ1) is 15.9. The highest BCUT2D eigenvalue weighted by Gasteiger charge is 2.27. The molecule has 0 saturated heterocycles. The van der Waals surface area contributed by atoms with Gasteiger partial charge in [-0.15, -0.1) is 3.89 Å². The SMILES string of the molecule is Nc1nc2ccc(N(Cc3ccnc(Cl)c3)S(=O)(=O)c3cccc(S(=O)(=O)F)c3)cc2c(=O)[nH]1. The predicted octanol–water partition coefficient (Wildman–Crippen LogP) is 2.61. The molecular formula is C20H15ClFN5O5S2. The molecule has 0 bridgehead atoms. The predicted molar refractivity (Wildman–Crippen MR) is 124 cm³/mol. The molecule has 4 rings (SSSR count). The van der Waals surface area contributed by atoms with Crippen LogP contribution in [0.25, 0.3) is 10.9 Å². The van der Waals surface area contributed by atoms with E-state index in [4.69, 9.17) is 17.3 Å². The Bertz CT molecular complexity index is 1690. The van der Waals surface area contributed by atoms with Crippen molar-refractivity contribution in [1.29, 1.82) is 0 Å². The summed E-state index contributed by atoms with van der Waals surface area (Å²) in [6.07, 6.45) is 1.39. The Morgan fingerprint density at radius 1 is 1.03 bits per heavy atom. The van der Waals surface area contributed by atoms with Gasteiger partial charge in [0.1, 0.15) is 5.15 Å². The third-order valence-electron chi connectivity index (χ3n) is 4.79. The number of nitrogens with two attached hydrogens (primary N) is 1. The monoisotopic (exact) mass is 523 g/mol. The Labute approximate surface area is 198 Å². The molecule has 0 amide bonds. The van der Waals surface area contributed by atoms with E-state index in [0.717, 1.165) is 22.5 Å². The van der Waals surface area contributed by atoms with Gasteiger partial charge in [-0.25, -0.2) is 18.4 Å². The van der Waals surface area contributed by atoms with Crippen LogP contribution in [0.2, 0.25) is 5.15 Å². The molecule has 0 aliphatic carbocycles. The molecule has 10 nitrogen and oxygen atoms in total. The molecule has 0 saturated carbocycles. The third kappa shape index (κ3) is 4.71. The van der Waals surface area contributed by atoms with Gasteiger partial charge < -0.3 is 5.73 Å². The van der Waals surface area contributed by atoms with Gasteiger partial charge in [0.15, 0.2) is 0 Å². The minimum absolute atomic E-state index is 0.0611. The van der Waals surface area contributed by atoms with Crippen LogP contribution < -0.4 is 15.6 Å². The number of hydrogen-bond acceptors (Lipinski definition) is 8. The summed E-state index contributed by atoms with van der Waals surface area (Å²) in [5.74, 6) is -0.106. The van der Waals surface area contributed by atoms with E-state index in [0.29, 0.717) is 11.6 Å². The fraction of sp³-hybridized carbons (Fsp3) is 0.0500. The lowest BCUT2D eigenvalue weighted by atomic mass is 10.2. The van der Waals surface area contributed by atoms with Crippen molar-refractivity contribution in [2.75, 3.05) is 10.0 Å². The number of rotatable bonds is 6. The van der Waals surface area contributed by atoms with Crippen LogP contribution in [0, 0.1) is 0 Å². The van der Waals surface area contributed by atoms with Gasteiger partial charge in [-0.2, -0.15) is 8.42 Å². The van der Waals surface area contributed by atoms with Crippen LogP contribution in [-0.2, 0) is 26.8 Å². The summed E-state index contributed by atoms with van der Waals surface area (Å²) in [6.45, 7) is -0.261. The molecule has 0 radical (unpaired) electrons. The van der Waals surface area contributed by atoms with Crippen molar-refractivity contribution in [2.24, 2.45) is 0 Å². The summed E-state index contributed by atoms with van der Waals surface area (Å²) >= 11 is 5.94. The molecule has 4 aromatic rings. The Morgan fingerprint density at radius 3 is 2.47 bits per heavy atom. The maximum Gasteiger partial charge on any atom is 0.332 e. The Hall–Kier alpha value is -3.55. The molecule has 2 heterocycles. The smallest absolute Gasteiger partial charge is 0.332 e. The van der Waals surface area contributed by atoms with E-state index in [9.17, 15) is 25.5 Å². The quantitative estimate of drug-likeness (QED) is 0.288. The molecule has 0 fully saturated rings. The van der Waals surface area contributed by atoms with E-state index in [1.807, 2.05) is 0 Å². The fourth-order valence-electron chi connectivity index (χ4n) is 3.24. The molecule has 0 spiro atoms. The first-order valence-electron chi connectivity index (χ1n) is 9.42. The van der Waals surface area contributed by atoms with Crippen LogP contribution >= 0.6 is 11.6 Å². The van der Waals surface area contributed by atoms with E-state index in [-0.39, 0.29) is 34.2 Å². The number of nitrogen functional groups attached to an aromatic ring is 1. The van der Waals surface area contributed by atoms with E-state index in [1.54, 1.807) is 0 Å². The van der Waals surface area contributed by atoms with Gasteiger partial charge in [0.05, 0.1) is 32.9 Å². The van der Waals surface area contributed by atoms with Crippen LogP contribution in [0.4, 0.5) is 15.5 Å². The first-order valence-corrected chi connectivity index (χ1v) is 12.6. The van der Waals surface area contributed by atoms with E-state index >= 15 is 0 Å². The lowest BCUT2D eigenvalue weighted by Crippen LogP contribution is -2.31. The van der Waals surface area contributed by atoms with Crippen molar-refractivity contribution in [2.45, 2.75) is 16.3 Å². The lowest BCUT2D eigenvalue weighted by Gasteiger charge is -2.25. The van der Waals surface area contributed by atoms with E-state index in [2.05, 4.69) is 15.0 Å². The normalized spacial score (nSPS) is 12.1. The second-order valence-electron chi connectivity index (χ2n) is 7.06. The number of nitrogens with one attached hydrogen (secondary N) is 1. The van der Waals surface area contributed by atoms with E-state index < -0.39 is 35.6 Å². The minimum Gasteiger partial charge on any atom is -0.369 e. The Kier molecular flexibility index (Phi) is 6.02. The van der Waals surface area contributed by atoms with Crippen molar-refractivity contribution >= 4 is 54.4 Å². The number of halogens is 2. The molecule has 0 unspecified atom stereocenters. The number of nitrogens with zero attached hydrogens (tertiary/aromatic N) is 3. The molecule has 2 aromatic heterocycles. The first kappa shape index (κ1) is 23.6. The highest BCUT2D eigenvalue weighted by Crippen LogP contribution is 2.29. The zero-order valence-electron chi connectivity index (χ0n) is 17.0. The average molecular weight is 524 g/mol. The Balaban J connectivity index is 1.91. The van der Waals surface area contributed by atoms with Crippen molar-refractivity contribution in [3.63, 3.8) is 0 Å². The maximum atomic E-state index is 13.6. The highest BCUT2D eigenvalue weighted by atomic mass is 35.5. The molecule has 0 atom stereocenters. The van der Waals surface area contributed by atoms with Gasteiger partial charge in [0.25, 0.3) is 15.6 Å². The molecule has 2 aromatic carbocycles. The van der Waals surface area contributed by atoms with Gasteiger partial charge in [0, 0.05) is 6.20 Å². The van der Waals surface area contributed by atoms with Crippen molar-refractivity contribution in [1.82, 2.24) is 15.0 Å². The number of sulfonamides is 1. The van der Waals surface area contributed by atoms with Gasteiger partial charge in [-0.3, -0.25) is 14.1 Å². The number of pyridine rings is 1. The summed E-state index contributed by atoms with van der Waals surface area (Å²) in [7, 11) is -9.61. The molecule has 34 heavy (non-hydrogen) atoms. The zero-order chi connectivity index (χ0) is 24.7. The lowest BCUT2D eigenvalue weighted by molar-refractivity contribution is 0.551. The molecule has 0 aliphatic rings. The summed E-state index contributed by atoms with van der Waals surface area (Å²) in [6, 6.07) is 11.0. The molecule has 176 valence electrons. The van der Waals surface area contributed by atoms with Crippen LogP contribution in [-0.4, -0.2) is 31.8 Å². The number of fused-ring (bicyclic) bond motifs is 1. The number of H-pyrrole nitrogens is 1. The maximum absolute atomic E-state index is 13.6. The molecule has 14 heteroatoms. The number of anilines is 2. The second-order valence-corrected chi connectivity index (χ2v) is 10.7. The highest BCUT2D eigenvalue weighted by molar-refractivity contribution is 7.92. The van der Waals surface area contributed by atoms with Gasteiger partial charge >= 0.3 is 10.2 Å². The summed E-state index contributed by atoms with van der Waals surface area (Å²) in [4.78, 5) is 21.3. The summed E-state index contributed by atoms with van der Waals surface area (Å²) in [5, 5.41) is 0.190. The average Bonchev–Trinajstić information content (AvgIpc) is 2.77. The number of hydrogen-bond donors (Lipinski definition) is 2. The largest absolute Gasteiger partial charge is 0.369 e. The fourth-order valence-corrected chi connectivity index (χ4v) is 5.51. The van der Waals surface area contributed by atoms with Crippen molar-refractivity contribution in [3.05, 3.63) is 81.9 Å². The van der Waals surface area contributed by atoms with Gasteiger partial charge in [0.2, 0.25) is 5.95 Å². The van der Waals surface area contributed by atoms with Crippen LogP contribution in [0.15, 0.2) is 75.4 Å². The van der Waals surface area contributed by atoms with Crippen LogP contribution in [0.5, 0.6) is 0 Å². The molecule has 0 aliphatic heterocycles. The van der Waals surface area contributed by atoms with E-state index in [1.165, 1.54) is 36.5 Å². The molecule has 3 N–H and O–H groups in total. The summed E-state index contributed by atoms with van der Waals surface area (Å²) in [5.41, 5.74) is 5.72. The minimum atomic E-state index is -5.15. The Morgan fingerprint density at radius 2 is 1.76 bits per heavy atom. The van der Waals surface area contributed by atoms with Crippen molar-refractivity contribution in [3.8, 4) is 0 Å². The zero-order valence-corrected chi connectivity index (χ0v) is 19.4. The standard InChI is InChI=1S/C20H15ClFN5O5S2/c21-18-8-12(6-7-24-18)11-27(13-4-5-17-16(9-13)19(28)26-20(23)25-17)34(31,32)15-3-1-2-14(10-15)33(22,29)30/h1-10H,11H2,(H3,23,25,26,28). The number of aromatic nitrogens is 3. The van der Waals surface area contributed by atoms with Crippen LogP contribution in [0.3, 0.4) is 0 Å².